The van der Waals surface area contributed by atoms with Crippen LogP contribution in [0.25, 0.3) is 0 Å². The van der Waals surface area contributed by atoms with Crippen LogP contribution in [0.1, 0.15) is 61.8 Å². The lowest BCUT2D eigenvalue weighted by molar-refractivity contribution is 0.0294. The van der Waals surface area contributed by atoms with Crippen LogP contribution in [0.3, 0.4) is 0 Å². The number of amides is 1. The molecule has 1 aromatic carbocycles. The predicted molar refractivity (Wildman–Crippen MR) is 78.9 cm³/mol. The van der Waals surface area contributed by atoms with Crippen LogP contribution >= 0.6 is 0 Å². The number of phenols is 2. The van der Waals surface area contributed by atoms with Crippen LogP contribution in [-0.4, -0.2) is 33.2 Å². The van der Waals surface area contributed by atoms with E-state index in [-0.39, 0.29) is 22.6 Å². The van der Waals surface area contributed by atoms with E-state index in [2.05, 4.69) is 13.8 Å². The largest absolute Gasteiger partial charge is 0.508 e. The van der Waals surface area contributed by atoms with Gasteiger partial charge in [0, 0.05) is 18.7 Å². The first-order valence-electron chi connectivity index (χ1n) is 6.87. The Kier molecular flexibility index (Phi) is 7.07. The van der Waals surface area contributed by atoms with E-state index in [1.807, 2.05) is 13.8 Å². The Morgan fingerprint density at radius 2 is 1.65 bits per heavy atom. The molecule has 0 aromatic heterocycles. The molecule has 0 bridgehead atoms. The van der Waals surface area contributed by atoms with E-state index in [1.165, 1.54) is 13.5 Å². The molecule has 0 radical (unpaired) electrons. The van der Waals surface area contributed by atoms with E-state index in [1.54, 1.807) is 6.92 Å². The number of benzene rings is 1. The molecule has 1 unspecified atom stereocenters. The predicted octanol–water partition coefficient (Wildman–Crippen LogP) is 2.93. The first kappa shape index (κ1) is 18.2. The Labute approximate surface area is 120 Å². The fourth-order valence-electron chi connectivity index (χ4n) is 1.79. The van der Waals surface area contributed by atoms with Gasteiger partial charge in [-0.15, -0.1) is 0 Å². The number of hydrogen-bond acceptors (Lipinski definition) is 4. The number of hydrogen-bond donors (Lipinski definition) is 3. The number of carbonyl (C=O) groups excluding carboxylic acids is 1. The van der Waals surface area contributed by atoms with Gasteiger partial charge < -0.3 is 20.2 Å². The van der Waals surface area contributed by atoms with E-state index < -0.39 is 12.1 Å². The van der Waals surface area contributed by atoms with Gasteiger partial charge in [0.05, 0.1) is 11.1 Å². The number of aliphatic hydroxyl groups is 1. The summed E-state index contributed by atoms with van der Waals surface area (Å²) in [6.45, 7) is 9.82. The Hall–Kier alpha value is -1.75. The van der Waals surface area contributed by atoms with Gasteiger partial charge in [0.25, 0.3) is 5.91 Å². The fraction of sp³-hybridized carbons (Fsp3) is 0.533. The molecule has 1 aromatic rings. The average molecular weight is 283 g/mol. The highest BCUT2D eigenvalue weighted by Gasteiger charge is 2.37. The number of phenolic OH excluding ortho intramolecular Hbond substituents is 2. The summed E-state index contributed by atoms with van der Waals surface area (Å²) < 4.78 is 0. The maximum absolute atomic E-state index is 11.7. The van der Waals surface area contributed by atoms with E-state index in [4.69, 9.17) is 0 Å². The van der Waals surface area contributed by atoms with E-state index >= 15 is 0 Å². The summed E-state index contributed by atoms with van der Waals surface area (Å²) in [7, 11) is 1.43. The lowest BCUT2D eigenvalue weighted by Crippen LogP contribution is -2.22. The zero-order chi connectivity index (χ0) is 16.0. The molecule has 0 spiro atoms. The van der Waals surface area contributed by atoms with Gasteiger partial charge in [0.1, 0.15) is 11.5 Å². The van der Waals surface area contributed by atoms with Crippen molar-refractivity contribution in [3.05, 3.63) is 22.8 Å². The number of fused-ring (bicyclic) bond motifs is 1. The van der Waals surface area contributed by atoms with Crippen molar-refractivity contribution in [1.29, 1.82) is 0 Å². The lowest BCUT2D eigenvalue weighted by Gasteiger charge is -2.14. The van der Waals surface area contributed by atoms with Crippen molar-refractivity contribution in [2.24, 2.45) is 0 Å². The van der Waals surface area contributed by atoms with Crippen LogP contribution in [-0.2, 0) is 0 Å². The van der Waals surface area contributed by atoms with E-state index in [0.717, 1.165) is 11.0 Å². The van der Waals surface area contributed by atoms with Crippen molar-refractivity contribution in [1.82, 2.24) is 4.90 Å². The van der Waals surface area contributed by atoms with Crippen LogP contribution in [0.15, 0.2) is 6.07 Å². The molecule has 0 saturated carbocycles. The number of aliphatic hydroxyl groups excluding tert-OH is 1. The normalized spacial score (nSPS) is 15.8. The molecule has 1 aliphatic heterocycles. The molecule has 1 aliphatic rings. The minimum absolute atomic E-state index is 0.151. The van der Waals surface area contributed by atoms with E-state index in [9.17, 15) is 20.1 Å². The first-order valence-corrected chi connectivity index (χ1v) is 6.87. The van der Waals surface area contributed by atoms with Gasteiger partial charge in [-0.2, -0.15) is 0 Å². The molecule has 0 fully saturated rings. The quantitative estimate of drug-likeness (QED) is 0.684. The third-order valence-corrected chi connectivity index (χ3v) is 2.74. The van der Waals surface area contributed by atoms with Crippen LogP contribution in [0.2, 0.25) is 0 Å². The van der Waals surface area contributed by atoms with Gasteiger partial charge in [0.2, 0.25) is 0 Å². The second kappa shape index (κ2) is 7.75. The maximum Gasteiger partial charge on any atom is 0.256 e. The molecule has 5 nitrogen and oxygen atoms in total. The summed E-state index contributed by atoms with van der Waals surface area (Å²) in [5, 5.41) is 28.7. The first-order chi connectivity index (χ1) is 9.36. The van der Waals surface area contributed by atoms with Gasteiger partial charge in [-0.25, -0.2) is 0 Å². The molecule has 1 atom stereocenters. The smallest absolute Gasteiger partial charge is 0.256 e. The third kappa shape index (κ3) is 3.22. The average Bonchev–Trinajstić information content (AvgIpc) is 2.64. The molecule has 0 saturated heterocycles. The maximum atomic E-state index is 11.7. The monoisotopic (exact) mass is 283 g/mol. The Morgan fingerprint density at radius 1 is 1.20 bits per heavy atom. The van der Waals surface area contributed by atoms with Gasteiger partial charge in [-0.1, -0.05) is 34.1 Å². The summed E-state index contributed by atoms with van der Waals surface area (Å²) in [4.78, 5) is 12.8. The van der Waals surface area contributed by atoms with Gasteiger partial charge in [-0.3, -0.25) is 4.79 Å². The summed E-state index contributed by atoms with van der Waals surface area (Å²) >= 11 is 0. The van der Waals surface area contributed by atoms with Crippen molar-refractivity contribution in [2.45, 2.75) is 47.3 Å². The molecule has 1 heterocycles. The highest BCUT2D eigenvalue weighted by molar-refractivity contribution is 6.01. The molecule has 5 heteroatoms. The third-order valence-electron chi connectivity index (χ3n) is 2.74. The second-order valence-corrected chi connectivity index (χ2v) is 4.33. The summed E-state index contributed by atoms with van der Waals surface area (Å²) in [5.41, 5.74) is 0.719. The van der Waals surface area contributed by atoms with Crippen molar-refractivity contribution in [2.75, 3.05) is 7.05 Å². The summed E-state index contributed by atoms with van der Waals surface area (Å²) in [6.07, 6.45) is 0.104. The fourth-order valence-corrected chi connectivity index (χ4v) is 1.79. The minimum atomic E-state index is -1.15. The number of carbonyl (C=O) groups is 1. The van der Waals surface area contributed by atoms with Crippen molar-refractivity contribution in [3.63, 3.8) is 0 Å². The minimum Gasteiger partial charge on any atom is -0.508 e. The summed E-state index contributed by atoms with van der Waals surface area (Å²) in [5.74, 6) is -0.818. The molecule has 0 aliphatic carbocycles. The topological polar surface area (TPSA) is 81.0 Å². The molecule has 20 heavy (non-hydrogen) atoms. The SMILES string of the molecule is CC.CCC.Cc1c(O)cc(O)c2c1C(=O)N(C)C2O. The Morgan fingerprint density at radius 3 is 2.10 bits per heavy atom. The van der Waals surface area contributed by atoms with Crippen LogP contribution in [0, 0.1) is 6.92 Å². The van der Waals surface area contributed by atoms with Gasteiger partial charge in [0.15, 0.2) is 6.23 Å². The number of rotatable bonds is 0. The highest BCUT2D eigenvalue weighted by Crippen LogP contribution is 2.41. The van der Waals surface area contributed by atoms with Crippen LogP contribution < -0.4 is 0 Å². The van der Waals surface area contributed by atoms with Crippen molar-refractivity contribution >= 4 is 5.91 Å². The Balaban J connectivity index is 0.000000641. The second-order valence-electron chi connectivity index (χ2n) is 4.33. The molecule has 2 rings (SSSR count). The molecule has 3 N–H and O–H groups in total. The number of nitrogens with zero attached hydrogens (tertiary/aromatic N) is 1. The van der Waals surface area contributed by atoms with Crippen LogP contribution in [0.4, 0.5) is 0 Å². The molecule has 114 valence electrons. The summed E-state index contributed by atoms with van der Waals surface area (Å²) in [6, 6.07) is 1.13. The van der Waals surface area contributed by atoms with Crippen LogP contribution in [0.5, 0.6) is 11.5 Å². The zero-order valence-electron chi connectivity index (χ0n) is 13.1. The number of aromatic hydroxyl groups is 2. The standard InChI is InChI=1S/C10H11NO4.C3H8.C2H6/c1-4-5(12)3-6(13)8-7(4)9(14)11(2)10(8)15;1-3-2;1-2/h3,10,12-13,15H,1-2H3;3H2,1-2H3;1-2H3. The lowest BCUT2D eigenvalue weighted by atomic mass is 10.0. The molecular formula is C15H25NO4. The Bertz CT molecular complexity index is 471. The van der Waals surface area contributed by atoms with Gasteiger partial charge in [-0.05, 0) is 6.92 Å². The van der Waals surface area contributed by atoms with Crippen molar-refractivity contribution in [3.8, 4) is 11.5 Å². The highest BCUT2D eigenvalue weighted by atomic mass is 16.3. The zero-order valence-corrected chi connectivity index (χ0v) is 13.1. The van der Waals surface area contributed by atoms with Gasteiger partial charge >= 0.3 is 0 Å². The molecule has 1 amide bonds. The molecular weight excluding hydrogens is 258 g/mol. The van der Waals surface area contributed by atoms with E-state index in [0.29, 0.717) is 5.56 Å². The van der Waals surface area contributed by atoms with Crippen molar-refractivity contribution < 1.29 is 20.1 Å².